The van der Waals surface area contributed by atoms with E-state index >= 15 is 0 Å². The van der Waals surface area contributed by atoms with Gasteiger partial charge in [-0.2, -0.15) is 0 Å². The molecule has 0 unspecified atom stereocenters. The molecule has 0 saturated heterocycles. The standard InChI is InChI=1S/C6H8O7.Na.Sb.4H/c7-3(8)1-6(13,5(11)12)2-4(9)10;;;;;;/h13H,1-2H2,(H,7,8)(H,9,10)(H,11,12);;;;;;. The molecule has 0 radical (unpaired) electrons. The van der Waals surface area contributed by atoms with Crippen LogP contribution in [0.4, 0.5) is 0 Å². The Labute approximate surface area is 124 Å². The van der Waals surface area contributed by atoms with Crippen LogP contribution in [0.1, 0.15) is 12.8 Å². The Morgan fingerprint density at radius 2 is 1.20 bits per heavy atom. The Hall–Kier alpha value is 0.188. The van der Waals surface area contributed by atoms with E-state index in [2.05, 4.69) is 0 Å². The van der Waals surface area contributed by atoms with E-state index in [9.17, 15) is 14.4 Å². The van der Waals surface area contributed by atoms with Crippen molar-refractivity contribution >= 4 is 71.9 Å². The third-order valence-corrected chi connectivity index (χ3v) is 1.29. The second-order valence-electron chi connectivity index (χ2n) is 2.48. The summed E-state index contributed by atoms with van der Waals surface area (Å²) >= 11 is 0. The van der Waals surface area contributed by atoms with Crippen LogP contribution in [0.25, 0.3) is 0 Å². The summed E-state index contributed by atoms with van der Waals surface area (Å²) in [6.45, 7) is 0. The molecule has 84 valence electrons. The molecule has 0 bridgehead atoms. The molecule has 0 aromatic rings. The molecule has 0 aliphatic carbocycles. The quantitative estimate of drug-likeness (QED) is 0.390. The van der Waals surface area contributed by atoms with Crippen molar-refractivity contribution in [3.05, 3.63) is 0 Å². The molecule has 4 N–H and O–H groups in total. The molecule has 0 heterocycles. The second-order valence-corrected chi connectivity index (χ2v) is 2.48. The summed E-state index contributed by atoms with van der Waals surface area (Å²) in [6.07, 6.45) is -2.29. The van der Waals surface area contributed by atoms with Crippen molar-refractivity contribution in [2.24, 2.45) is 0 Å². The van der Waals surface area contributed by atoms with Crippen LogP contribution in [0.15, 0.2) is 0 Å². The van der Waals surface area contributed by atoms with Crippen molar-refractivity contribution in [2.45, 2.75) is 18.4 Å². The third-order valence-electron chi connectivity index (χ3n) is 1.29. The van der Waals surface area contributed by atoms with E-state index in [0.717, 1.165) is 0 Å². The molecule has 0 amide bonds. The van der Waals surface area contributed by atoms with Gasteiger partial charge in [-0.15, -0.1) is 0 Å². The first kappa shape index (κ1) is 20.6. The summed E-state index contributed by atoms with van der Waals surface area (Å²) in [5, 5.41) is 33.8. The summed E-state index contributed by atoms with van der Waals surface area (Å²) in [6, 6.07) is 0. The van der Waals surface area contributed by atoms with E-state index in [-0.39, 0.29) is 54.0 Å². The predicted molar refractivity (Wildman–Crippen MR) is 54.2 cm³/mol. The van der Waals surface area contributed by atoms with Crippen molar-refractivity contribution in [3.63, 3.8) is 0 Å². The van der Waals surface area contributed by atoms with Gasteiger partial charge in [0.25, 0.3) is 0 Å². The summed E-state index contributed by atoms with van der Waals surface area (Å²) in [5.74, 6) is -5.02. The van der Waals surface area contributed by atoms with Gasteiger partial charge in [0.1, 0.15) is 0 Å². The van der Waals surface area contributed by atoms with Crippen molar-refractivity contribution in [1.82, 2.24) is 0 Å². The topological polar surface area (TPSA) is 132 Å². The minimum absolute atomic E-state index is 0. The Bertz CT molecular complexity index is 238. The summed E-state index contributed by atoms with van der Waals surface area (Å²) in [5.41, 5.74) is -2.74. The number of carboxylic acid groups (broad SMARTS) is 3. The van der Waals surface area contributed by atoms with Crippen LogP contribution < -0.4 is 0 Å². The molecular weight excluding hydrogens is 329 g/mol. The zero-order chi connectivity index (χ0) is 10.6. The summed E-state index contributed by atoms with van der Waals surface area (Å²) in [4.78, 5) is 30.5. The monoisotopic (exact) mass is 340 g/mol. The normalized spacial score (nSPS) is 9.40. The molecule has 0 fully saturated rings. The van der Waals surface area contributed by atoms with Gasteiger partial charge < -0.3 is 20.4 Å². The van der Waals surface area contributed by atoms with Gasteiger partial charge in [0.2, 0.25) is 0 Å². The SMILES string of the molecule is O=C(O)CC(O)(CC(=O)O)C(=O)O.[NaH].[SbH3]. The van der Waals surface area contributed by atoms with Gasteiger partial charge in [-0.3, -0.25) is 9.59 Å². The Morgan fingerprint density at radius 3 is 1.33 bits per heavy atom. The minimum atomic E-state index is -2.74. The van der Waals surface area contributed by atoms with Crippen LogP contribution in [-0.4, -0.2) is 97.9 Å². The number of rotatable bonds is 5. The molecular formula is C6H12NaO7Sb. The van der Waals surface area contributed by atoms with E-state index in [1.54, 1.807) is 0 Å². The van der Waals surface area contributed by atoms with E-state index in [0.29, 0.717) is 0 Å². The number of hydrogen-bond donors (Lipinski definition) is 4. The Kier molecular flexibility index (Phi) is 11.5. The maximum absolute atomic E-state index is 10.3. The van der Waals surface area contributed by atoms with Gasteiger partial charge in [-0.1, -0.05) is 0 Å². The average molecular weight is 341 g/mol. The fourth-order valence-corrected chi connectivity index (χ4v) is 0.714. The predicted octanol–water partition coefficient (Wildman–Crippen LogP) is -3.08. The third kappa shape index (κ3) is 8.04. The number of carboxylic acids is 3. The molecule has 0 saturated carbocycles. The molecule has 0 spiro atoms. The first-order valence-corrected chi connectivity index (χ1v) is 3.17. The van der Waals surface area contributed by atoms with Crippen LogP contribution in [0.5, 0.6) is 0 Å². The average Bonchev–Trinajstić information content (AvgIpc) is 1.82. The van der Waals surface area contributed by atoms with Crippen LogP contribution in [0.3, 0.4) is 0 Å². The van der Waals surface area contributed by atoms with Gasteiger partial charge in [-0.05, 0) is 0 Å². The Morgan fingerprint density at radius 1 is 0.933 bits per heavy atom. The van der Waals surface area contributed by atoms with Gasteiger partial charge in [0.05, 0.1) is 12.8 Å². The molecule has 0 aliphatic rings. The van der Waals surface area contributed by atoms with Crippen LogP contribution in [-0.2, 0) is 14.4 Å². The zero-order valence-corrected chi connectivity index (χ0v) is 11.2. The van der Waals surface area contributed by atoms with Crippen LogP contribution >= 0.6 is 0 Å². The van der Waals surface area contributed by atoms with E-state index in [4.69, 9.17) is 20.4 Å². The van der Waals surface area contributed by atoms with Crippen molar-refractivity contribution in [1.29, 1.82) is 0 Å². The van der Waals surface area contributed by atoms with Gasteiger partial charge in [0, 0.05) is 0 Å². The molecule has 0 rings (SSSR count). The van der Waals surface area contributed by atoms with E-state index < -0.39 is 36.4 Å². The van der Waals surface area contributed by atoms with Gasteiger partial charge >= 0.3 is 71.9 Å². The maximum atomic E-state index is 10.3. The van der Waals surface area contributed by atoms with E-state index in [1.807, 2.05) is 0 Å². The zero-order valence-electron chi connectivity index (χ0n) is 7.13. The fraction of sp³-hybridized carbons (Fsp3) is 0.500. The van der Waals surface area contributed by atoms with Crippen LogP contribution in [0.2, 0.25) is 0 Å². The van der Waals surface area contributed by atoms with Crippen molar-refractivity contribution in [2.75, 3.05) is 0 Å². The molecule has 9 heteroatoms. The van der Waals surface area contributed by atoms with Gasteiger partial charge in [-0.25, -0.2) is 4.79 Å². The number of hydrogen-bond acceptors (Lipinski definition) is 4. The molecule has 7 nitrogen and oxygen atoms in total. The number of aliphatic carboxylic acids is 3. The van der Waals surface area contributed by atoms with Crippen LogP contribution in [0, 0.1) is 0 Å². The molecule has 0 aromatic heterocycles. The van der Waals surface area contributed by atoms with Crippen molar-refractivity contribution < 1.29 is 34.8 Å². The molecule has 0 aromatic carbocycles. The summed E-state index contributed by atoms with van der Waals surface area (Å²) < 4.78 is 0. The fourth-order valence-electron chi connectivity index (χ4n) is 0.714. The number of carbonyl (C=O) groups is 3. The van der Waals surface area contributed by atoms with Crippen molar-refractivity contribution in [3.8, 4) is 0 Å². The second kappa shape index (κ2) is 8.35. The first-order chi connectivity index (χ1) is 5.78. The Balaban J connectivity index is -0.000000720. The molecule has 0 aliphatic heterocycles. The molecule has 0 atom stereocenters. The molecule has 15 heavy (non-hydrogen) atoms. The first-order valence-electron chi connectivity index (χ1n) is 3.17. The van der Waals surface area contributed by atoms with Gasteiger partial charge in [0.15, 0.2) is 5.60 Å². The van der Waals surface area contributed by atoms with E-state index in [1.165, 1.54) is 0 Å². The number of aliphatic hydroxyl groups is 1. The summed E-state index contributed by atoms with van der Waals surface area (Å²) in [7, 11) is 0.